The monoisotopic (exact) mass is 339 g/mol. The normalized spacial score (nSPS) is 22.2. The van der Waals surface area contributed by atoms with Gasteiger partial charge >= 0.3 is 0 Å². The fourth-order valence-corrected chi connectivity index (χ4v) is 3.64. The molecule has 1 aromatic heterocycles. The maximum Gasteiger partial charge on any atom is 0.255 e. The summed E-state index contributed by atoms with van der Waals surface area (Å²) in [6.07, 6.45) is 5.62. The number of anilines is 1. The van der Waals surface area contributed by atoms with Gasteiger partial charge in [-0.3, -0.25) is 14.3 Å². The Labute approximate surface area is 146 Å². The zero-order chi connectivity index (χ0) is 17.3. The summed E-state index contributed by atoms with van der Waals surface area (Å²) in [6, 6.07) is 9.33. The number of rotatable bonds is 3. The average Bonchev–Trinajstić information content (AvgIpc) is 3.13. The number of hydrogen-bond donors (Lipinski definition) is 2. The molecule has 2 aromatic rings. The van der Waals surface area contributed by atoms with Crippen LogP contribution >= 0.6 is 0 Å². The SMILES string of the molecule is O=C1N[C@]2(CCCN(C(=O)CCn3cccn3)C2)Nc2ccccc21. The molecule has 2 N–H and O–H groups in total. The third kappa shape index (κ3) is 3.09. The number of hydrogen-bond acceptors (Lipinski definition) is 4. The Kier molecular flexibility index (Phi) is 3.91. The van der Waals surface area contributed by atoms with E-state index in [1.54, 1.807) is 16.9 Å². The van der Waals surface area contributed by atoms with Gasteiger partial charge in [0.1, 0.15) is 5.66 Å². The topological polar surface area (TPSA) is 79.3 Å². The maximum atomic E-state index is 12.6. The molecule has 4 rings (SSSR count). The molecule has 0 unspecified atom stereocenters. The largest absolute Gasteiger partial charge is 0.361 e. The predicted octanol–water partition coefficient (Wildman–Crippen LogP) is 1.45. The van der Waals surface area contributed by atoms with Crippen LogP contribution in [-0.4, -0.2) is 45.2 Å². The summed E-state index contributed by atoms with van der Waals surface area (Å²) in [5.41, 5.74) is 0.901. The Morgan fingerprint density at radius 2 is 2.12 bits per heavy atom. The minimum absolute atomic E-state index is 0.0832. The summed E-state index contributed by atoms with van der Waals surface area (Å²) in [7, 11) is 0. The van der Waals surface area contributed by atoms with Crippen LogP contribution in [0.25, 0.3) is 0 Å². The highest BCUT2D eigenvalue weighted by molar-refractivity contribution is 6.02. The van der Waals surface area contributed by atoms with E-state index in [2.05, 4.69) is 15.7 Å². The number of nitrogens with zero attached hydrogens (tertiary/aromatic N) is 3. The quantitative estimate of drug-likeness (QED) is 0.887. The first-order valence-corrected chi connectivity index (χ1v) is 8.60. The highest BCUT2D eigenvalue weighted by Gasteiger charge is 2.41. The third-order valence-electron chi connectivity index (χ3n) is 4.86. The number of carbonyl (C=O) groups excluding carboxylic acids is 2. The molecule has 0 radical (unpaired) electrons. The molecule has 0 saturated carbocycles. The zero-order valence-corrected chi connectivity index (χ0v) is 13.9. The molecule has 1 spiro atoms. The first-order chi connectivity index (χ1) is 12.2. The van der Waals surface area contributed by atoms with Crippen molar-refractivity contribution in [2.24, 2.45) is 0 Å². The highest BCUT2D eigenvalue weighted by atomic mass is 16.2. The van der Waals surface area contributed by atoms with E-state index in [9.17, 15) is 9.59 Å². The van der Waals surface area contributed by atoms with Crippen LogP contribution in [0.3, 0.4) is 0 Å². The van der Waals surface area contributed by atoms with E-state index in [4.69, 9.17) is 0 Å². The number of amides is 2. The van der Waals surface area contributed by atoms with Crippen LogP contribution < -0.4 is 10.6 Å². The van der Waals surface area contributed by atoms with Gasteiger partial charge in [-0.1, -0.05) is 12.1 Å². The van der Waals surface area contributed by atoms with E-state index >= 15 is 0 Å². The summed E-state index contributed by atoms with van der Waals surface area (Å²) in [5.74, 6) is 0.00433. The van der Waals surface area contributed by atoms with Crippen LogP contribution in [0.5, 0.6) is 0 Å². The molecule has 2 aliphatic heterocycles. The summed E-state index contributed by atoms with van der Waals surface area (Å²) >= 11 is 0. The van der Waals surface area contributed by atoms with Gasteiger partial charge in [-0.25, -0.2) is 0 Å². The van der Waals surface area contributed by atoms with Gasteiger partial charge < -0.3 is 15.5 Å². The lowest BCUT2D eigenvalue weighted by molar-refractivity contribution is -0.133. The number of likely N-dealkylation sites (tertiary alicyclic amines) is 1. The van der Waals surface area contributed by atoms with Crippen LogP contribution in [0.1, 0.15) is 29.6 Å². The maximum absolute atomic E-state index is 12.6. The van der Waals surface area contributed by atoms with Crippen LogP contribution in [0.2, 0.25) is 0 Å². The molecule has 7 heteroatoms. The Morgan fingerprint density at radius 1 is 1.24 bits per heavy atom. The molecule has 130 valence electrons. The van der Waals surface area contributed by atoms with Crippen molar-refractivity contribution in [3.63, 3.8) is 0 Å². The average molecular weight is 339 g/mol. The summed E-state index contributed by atoms with van der Waals surface area (Å²) in [4.78, 5) is 26.9. The molecule has 3 heterocycles. The Hall–Kier alpha value is -2.83. The second-order valence-electron chi connectivity index (χ2n) is 6.64. The minimum atomic E-state index is -0.578. The number of piperidine rings is 1. The Morgan fingerprint density at radius 3 is 2.96 bits per heavy atom. The van der Waals surface area contributed by atoms with Gasteiger partial charge in [-0.2, -0.15) is 5.10 Å². The number of aryl methyl sites for hydroxylation is 1. The van der Waals surface area contributed by atoms with Crippen molar-refractivity contribution in [3.8, 4) is 0 Å². The molecule has 1 aromatic carbocycles. The van der Waals surface area contributed by atoms with E-state index in [1.807, 2.05) is 35.4 Å². The molecule has 0 aliphatic carbocycles. The number of carbonyl (C=O) groups is 2. The van der Waals surface area contributed by atoms with Gasteiger partial charge in [0.2, 0.25) is 5.91 Å². The highest BCUT2D eigenvalue weighted by Crippen LogP contribution is 2.30. The van der Waals surface area contributed by atoms with E-state index in [0.29, 0.717) is 25.1 Å². The third-order valence-corrected chi connectivity index (χ3v) is 4.86. The second-order valence-corrected chi connectivity index (χ2v) is 6.64. The zero-order valence-electron chi connectivity index (χ0n) is 13.9. The van der Waals surface area contributed by atoms with Gasteiger partial charge in [0.15, 0.2) is 0 Å². The van der Waals surface area contributed by atoms with Crippen molar-refractivity contribution in [3.05, 3.63) is 48.3 Å². The fourth-order valence-electron chi connectivity index (χ4n) is 3.64. The van der Waals surface area contributed by atoms with E-state index in [1.165, 1.54) is 0 Å². The number of benzene rings is 1. The number of nitrogens with one attached hydrogen (secondary N) is 2. The van der Waals surface area contributed by atoms with E-state index in [0.717, 1.165) is 25.1 Å². The van der Waals surface area contributed by atoms with Crippen LogP contribution in [0, 0.1) is 0 Å². The summed E-state index contributed by atoms with van der Waals surface area (Å²) < 4.78 is 1.76. The predicted molar refractivity (Wildman–Crippen MR) is 92.9 cm³/mol. The van der Waals surface area contributed by atoms with Gasteiger partial charge in [0.25, 0.3) is 5.91 Å². The number of fused-ring (bicyclic) bond motifs is 1. The van der Waals surface area contributed by atoms with E-state index < -0.39 is 5.66 Å². The van der Waals surface area contributed by atoms with Crippen LogP contribution in [0.15, 0.2) is 42.7 Å². The minimum Gasteiger partial charge on any atom is -0.361 e. The molecule has 2 aliphatic rings. The lowest BCUT2D eigenvalue weighted by atomic mass is 9.93. The fraction of sp³-hybridized carbons (Fsp3) is 0.389. The van der Waals surface area contributed by atoms with Gasteiger partial charge in [0.05, 0.1) is 12.1 Å². The van der Waals surface area contributed by atoms with Crippen LogP contribution in [0.4, 0.5) is 5.69 Å². The summed E-state index contributed by atoms with van der Waals surface area (Å²) in [5, 5.41) is 10.7. The first-order valence-electron chi connectivity index (χ1n) is 8.60. The Balaban J connectivity index is 1.46. The van der Waals surface area contributed by atoms with Crippen LogP contribution in [-0.2, 0) is 11.3 Å². The second kappa shape index (κ2) is 6.23. The lowest BCUT2D eigenvalue weighted by Crippen LogP contribution is -2.66. The molecule has 7 nitrogen and oxygen atoms in total. The molecule has 25 heavy (non-hydrogen) atoms. The number of aromatic nitrogens is 2. The van der Waals surface area contributed by atoms with Gasteiger partial charge in [-0.15, -0.1) is 0 Å². The van der Waals surface area contributed by atoms with Crippen molar-refractivity contribution in [2.75, 3.05) is 18.4 Å². The van der Waals surface area contributed by atoms with Crippen molar-refractivity contribution < 1.29 is 9.59 Å². The molecule has 1 fully saturated rings. The molecule has 1 atom stereocenters. The van der Waals surface area contributed by atoms with Crippen molar-refractivity contribution >= 4 is 17.5 Å². The smallest absolute Gasteiger partial charge is 0.255 e. The van der Waals surface area contributed by atoms with Crippen molar-refractivity contribution in [1.29, 1.82) is 0 Å². The van der Waals surface area contributed by atoms with Crippen molar-refractivity contribution in [2.45, 2.75) is 31.5 Å². The molecule has 0 bridgehead atoms. The summed E-state index contributed by atoms with van der Waals surface area (Å²) in [6.45, 7) is 1.77. The van der Waals surface area contributed by atoms with Gasteiger partial charge in [0, 0.05) is 37.6 Å². The molecule has 1 saturated heterocycles. The standard InChI is InChI=1S/C18H21N5O2/c24-16(7-12-23-11-4-9-19-23)22-10-3-8-18(13-22)20-15-6-2-1-5-14(15)17(25)21-18/h1-2,4-6,9,11,20H,3,7-8,10,12-13H2,(H,21,25)/t18-/m0/s1. The molecule has 2 amide bonds. The van der Waals surface area contributed by atoms with Crippen molar-refractivity contribution in [1.82, 2.24) is 20.0 Å². The molecular formula is C18H21N5O2. The molecular weight excluding hydrogens is 318 g/mol. The number of para-hydroxylation sites is 1. The lowest BCUT2D eigenvalue weighted by Gasteiger charge is -2.46. The van der Waals surface area contributed by atoms with E-state index in [-0.39, 0.29) is 11.8 Å². The Bertz CT molecular complexity index is 789. The van der Waals surface area contributed by atoms with Gasteiger partial charge in [-0.05, 0) is 31.0 Å². The first kappa shape index (κ1) is 15.7.